The minimum atomic E-state index is -3.16. The summed E-state index contributed by atoms with van der Waals surface area (Å²) < 4.78 is 23.3. The molecule has 2 N–H and O–H groups in total. The topological polar surface area (TPSA) is 60.2 Å². The third kappa shape index (κ3) is 3.61. The van der Waals surface area contributed by atoms with E-state index in [1.165, 1.54) is 25.5 Å². The second-order valence-corrected chi connectivity index (χ2v) is 8.08. The lowest BCUT2D eigenvalue weighted by Crippen LogP contribution is -2.26. The smallest absolute Gasteiger partial charge is 0.175 e. The van der Waals surface area contributed by atoms with Gasteiger partial charge in [0.05, 0.1) is 4.90 Å². The van der Waals surface area contributed by atoms with E-state index in [1.807, 2.05) is 6.07 Å². The molecule has 0 amide bonds. The van der Waals surface area contributed by atoms with Gasteiger partial charge in [-0.3, -0.25) is 0 Å². The van der Waals surface area contributed by atoms with Gasteiger partial charge in [-0.15, -0.1) is 0 Å². The highest BCUT2D eigenvalue weighted by molar-refractivity contribution is 7.90. The lowest BCUT2D eigenvalue weighted by molar-refractivity contribution is 0.240. The molecule has 0 saturated heterocycles. The average molecular weight is 295 g/mol. The van der Waals surface area contributed by atoms with Gasteiger partial charge in [-0.2, -0.15) is 0 Å². The molecule has 3 nitrogen and oxygen atoms in total. The van der Waals surface area contributed by atoms with Gasteiger partial charge >= 0.3 is 0 Å². The van der Waals surface area contributed by atoms with Crippen molar-refractivity contribution in [1.82, 2.24) is 0 Å². The van der Waals surface area contributed by atoms with Crippen LogP contribution < -0.4 is 5.73 Å². The molecular formula is C16H25NO2S. The summed E-state index contributed by atoms with van der Waals surface area (Å²) in [5.41, 5.74) is 7.33. The number of hydrogen-bond donors (Lipinski definition) is 1. The molecule has 0 aliphatic heterocycles. The molecule has 2 rings (SSSR count). The zero-order chi connectivity index (χ0) is 14.8. The maximum atomic E-state index is 11.6. The molecule has 1 unspecified atom stereocenters. The van der Waals surface area contributed by atoms with Crippen molar-refractivity contribution in [3.8, 4) is 0 Å². The third-order valence-electron chi connectivity index (χ3n) is 4.65. The first-order valence-electron chi connectivity index (χ1n) is 7.47. The monoisotopic (exact) mass is 295 g/mol. The largest absolute Gasteiger partial charge is 0.324 e. The fourth-order valence-corrected chi connectivity index (χ4v) is 3.86. The molecule has 1 atom stereocenters. The lowest BCUT2D eigenvalue weighted by atomic mass is 9.76. The van der Waals surface area contributed by atoms with Crippen LogP contribution in [0.4, 0.5) is 0 Å². The van der Waals surface area contributed by atoms with Crippen LogP contribution in [-0.4, -0.2) is 14.7 Å². The van der Waals surface area contributed by atoms with Gasteiger partial charge in [0.25, 0.3) is 0 Å². The Kier molecular flexibility index (Phi) is 4.86. The standard InChI is InChI=1S/C16H25NO2S/c1-3-12-7-9-13(10-8-12)16(17)14-5-4-6-15(11-14)20(2,18)19/h4-6,11-13,16H,3,7-10,17H2,1-2H3. The minimum Gasteiger partial charge on any atom is -0.324 e. The fraction of sp³-hybridized carbons (Fsp3) is 0.625. The van der Waals surface area contributed by atoms with Crippen molar-refractivity contribution in [2.24, 2.45) is 17.6 Å². The van der Waals surface area contributed by atoms with Gasteiger partial charge in [0.1, 0.15) is 0 Å². The predicted molar refractivity (Wildman–Crippen MR) is 82.2 cm³/mol. The zero-order valence-electron chi connectivity index (χ0n) is 12.4. The quantitative estimate of drug-likeness (QED) is 0.927. The van der Waals surface area contributed by atoms with Crippen molar-refractivity contribution in [3.05, 3.63) is 29.8 Å². The molecule has 1 aromatic carbocycles. The van der Waals surface area contributed by atoms with Crippen LogP contribution in [-0.2, 0) is 9.84 Å². The van der Waals surface area contributed by atoms with Gasteiger partial charge in [0, 0.05) is 12.3 Å². The maximum absolute atomic E-state index is 11.6. The summed E-state index contributed by atoms with van der Waals surface area (Å²) in [5, 5.41) is 0. The molecule has 0 heterocycles. The molecule has 4 heteroatoms. The van der Waals surface area contributed by atoms with E-state index in [4.69, 9.17) is 5.73 Å². The van der Waals surface area contributed by atoms with Crippen LogP contribution in [0, 0.1) is 11.8 Å². The van der Waals surface area contributed by atoms with Crippen LogP contribution >= 0.6 is 0 Å². The highest BCUT2D eigenvalue weighted by atomic mass is 32.2. The van der Waals surface area contributed by atoms with Crippen molar-refractivity contribution in [1.29, 1.82) is 0 Å². The Hall–Kier alpha value is -0.870. The van der Waals surface area contributed by atoms with Crippen molar-refractivity contribution in [2.45, 2.75) is 50.0 Å². The number of hydrogen-bond acceptors (Lipinski definition) is 3. The SMILES string of the molecule is CCC1CCC(C(N)c2cccc(S(C)(=O)=O)c2)CC1. The van der Waals surface area contributed by atoms with Crippen LogP contribution in [0.1, 0.15) is 50.6 Å². The molecule has 0 radical (unpaired) electrons. The van der Waals surface area contributed by atoms with E-state index in [2.05, 4.69) is 6.92 Å². The van der Waals surface area contributed by atoms with Gasteiger partial charge in [0.2, 0.25) is 0 Å². The third-order valence-corrected chi connectivity index (χ3v) is 5.76. The minimum absolute atomic E-state index is 0.0468. The molecule has 0 aromatic heterocycles. The maximum Gasteiger partial charge on any atom is 0.175 e. The van der Waals surface area contributed by atoms with E-state index >= 15 is 0 Å². The number of nitrogens with two attached hydrogens (primary N) is 1. The van der Waals surface area contributed by atoms with Crippen LogP contribution in [0.2, 0.25) is 0 Å². The van der Waals surface area contributed by atoms with Crippen molar-refractivity contribution < 1.29 is 8.42 Å². The van der Waals surface area contributed by atoms with Crippen molar-refractivity contribution in [3.63, 3.8) is 0 Å². The molecular weight excluding hydrogens is 270 g/mol. The lowest BCUT2D eigenvalue weighted by Gasteiger charge is -2.32. The summed E-state index contributed by atoms with van der Waals surface area (Å²) in [5.74, 6) is 1.33. The van der Waals surface area contributed by atoms with Gasteiger partial charge < -0.3 is 5.73 Å². The number of benzene rings is 1. The first kappa shape index (κ1) is 15.5. The molecule has 0 spiro atoms. The van der Waals surface area contributed by atoms with Crippen LogP contribution in [0.5, 0.6) is 0 Å². The summed E-state index contributed by atoms with van der Waals surface area (Å²) in [6.45, 7) is 2.25. The number of rotatable bonds is 4. The highest BCUT2D eigenvalue weighted by Crippen LogP contribution is 2.37. The normalized spacial score (nSPS) is 25.4. The van der Waals surface area contributed by atoms with Crippen LogP contribution in [0.25, 0.3) is 0 Å². The second kappa shape index (κ2) is 6.27. The Bertz CT molecular complexity index is 545. The molecule has 112 valence electrons. The van der Waals surface area contributed by atoms with Gasteiger partial charge in [0.15, 0.2) is 9.84 Å². The molecule has 1 aliphatic carbocycles. The second-order valence-electron chi connectivity index (χ2n) is 6.06. The Labute approximate surface area is 122 Å². The summed E-state index contributed by atoms with van der Waals surface area (Å²) in [4.78, 5) is 0.368. The Morgan fingerprint density at radius 2 is 1.90 bits per heavy atom. The summed E-state index contributed by atoms with van der Waals surface area (Å²) in [7, 11) is -3.16. The Morgan fingerprint density at radius 1 is 1.25 bits per heavy atom. The van der Waals surface area contributed by atoms with Gasteiger partial charge in [-0.05, 0) is 42.4 Å². The zero-order valence-corrected chi connectivity index (χ0v) is 13.2. The average Bonchev–Trinajstić information content (AvgIpc) is 2.46. The molecule has 1 aliphatic rings. The molecule has 1 fully saturated rings. The van der Waals surface area contributed by atoms with Crippen LogP contribution in [0.15, 0.2) is 29.2 Å². The van der Waals surface area contributed by atoms with Crippen molar-refractivity contribution in [2.75, 3.05) is 6.26 Å². The van der Waals surface area contributed by atoms with E-state index in [0.29, 0.717) is 10.8 Å². The number of sulfone groups is 1. The van der Waals surface area contributed by atoms with Crippen LogP contribution in [0.3, 0.4) is 0 Å². The molecule has 20 heavy (non-hydrogen) atoms. The van der Waals surface area contributed by atoms with Crippen molar-refractivity contribution >= 4 is 9.84 Å². The Morgan fingerprint density at radius 3 is 2.45 bits per heavy atom. The van der Waals surface area contributed by atoms with E-state index in [0.717, 1.165) is 24.3 Å². The van der Waals surface area contributed by atoms with E-state index in [-0.39, 0.29) is 6.04 Å². The van der Waals surface area contributed by atoms with Gasteiger partial charge in [-0.1, -0.05) is 38.3 Å². The van der Waals surface area contributed by atoms with Gasteiger partial charge in [-0.25, -0.2) is 8.42 Å². The van der Waals surface area contributed by atoms with E-state index in [1.54, 1.807) is 18.2 Å². The highest BCUT2D eigenvalue weighted by Gasteiger charge is 2.26. The summed E-state index contributed by atoms with van der Waals surface area (Å²) in [6.07, 6.45) is 7.31. The first-order valence-corrected chi connectivity index (χ1v) is 9.36. The predicted octanol–water partition coefficient (Wildman–Crippen LogP) is 3.31. The summed E-state index contributed by atoms with van der Waals surface area (Å²) >= 11 is 0. The molecule has 1 aromatic rings. The molecule has 1 saturated carbocycles. The Balaban J connectivity index is 2.12. The first-order chi connectivity index (χ1) is 9.41. The van der Waals surface area contributed by atoms with E-state index < -0.39 is 9.84 Å². The fourth-order valence-electron chi connectivity index (χ4n) is 3.18. The summed E-state index contributed by atoms with van der Waals surface area (Å²) in [6, 6.07) is 7.08. The molecule has 0 bridgehead atoms. The van der Waals surface area contributed by atoms with E-state index in [9.17, 15) is 8.42 Å².